The van der Waals surface area contributed by atoms with Crippen molar-refractivity contribution in [3.63, 3.8) is 0 Å². The van der Waals surface area contributed by atoms with Gasteiger partial charge in [0.25, 0.3) is 0 Å². The van der Waals surface area contributed by atoms with Gasteiger partial charge in [-0.2, -0.15) is 0 Å². The topological polar surface area (TPSA) is 58.2 Å². The first-order chi connectivity index (χ1) is 11.5. The molecule has 2 rings (SSSR count). The number of hydrogen-bond donors (Lipinski definition) is 2. The van der Waals surface area contributed by atoms with E-state index in [1.807, 2.05) is 48.7 Å². The van der Waals surface area contributed by atoms with E-state index in [9.17, 15) is 9.59 Å². The first-order valence-corrected chi connectivity index (χ1v) is 9.10. The highest BCUT2D eigenvalue weighted by Gasteiger charge is 2.20. The number of hydrogen-bond acceptors (Lipinski definition) is 3. The van der Waals surface area contributed by atoms with Crippen LogP contribution in [0.5, 0.6) is 0 Å². The van der Waals surface area contributed by atoms with Gasteiger partial charge in [-0.1, -0.05) is 36.7 Å². The summed E-state index contributed by atoms with van der Waals surface area (Å²) in [5, 5.41) is 8.46. The third kappa shape index (κ3) is 5.35. The van der Waals surface area contributed by atoms with Gasteiger partial charge < -0.3 is 10.6 Å². The molecule has 0 bridgehead atoms. The Balaban J connectivity index is 2.05. The maximum Gasteiger partial charge on any atom is 0.222 e. The molecule has 2 aromatic rings. The molecule has 1 heterocycles. The van der Waals surface area contributed by atoms with Crippen LogP contribution in [0.25, 0.3) is 0 Å². The predicted octanol–water partition coefficient (Wildman–Crippen LogP) is 4.24. The van der Waals surface area contributed by atoms with E-state index in [4.69, 9.17) is 11.6 Å². The van der Waals surface area contributed by atoms with Crippen molar-refractivity contribution in [1.82, 2.24) is 10.6 Å². The third-order valence-electron chi connectivity index (χ3n) is 3.65. The van der Waals surface area contributed by atoms with E-state index in [0.717, 1.165) is 16.9 Å². The summed E-state index contributed by atoms with van der Waals surface area (Å²) in [5.74, 6) is -0.253. The highest BCUT2D eigenvalue weighted by molar-refractivity contribution is 7.10. The number of amides is 2. The van der Waals surface area contributed by atoms with E-state index < -0.39 is 0 Å². The minimum atomic E-state index is -0.306. The van der Waals surface area contributed by atoms with Gasteiger partial charge in [-0.15, -0.1) is 11.3 Å². The monoisotopic (exact) mass is 364 g/mol. The summed E-state index contributed by atoms with van der Waals surface area (Å²) in [7, 11) is 0. The smallest absolute Gasteiger partial charge is 0.222 e. The summed E-state index contributed by atoms with van der Waals surface area (Å²) >= 11 is 7.56. The molecule has 0 radical (unpaired) electrons. The molecule has 0 spiro atoms. The van der Waals surface area contributed by atoms with Crippen molar-refractivity contribution in [2.75, 3.05) is 0 Å². The zero-order chi connectivity index (χ0) is 17.5. The molecule has 2 amide bonds. The fourth-order valence-electron chi connectivity index (χ4n) is 2.54. The van der Waals surface area contributed by atoms with E-state index in [-0.39, 0.29) is 30.3 Å². The van der Waals surface area contributed by atoms with Crippen LogP contribution < -0.4 is 10.6 Å². The Bertz CT molecular complexity index is 688. The molecule has 6 heteroatoms. The Morgan fingerprint density at radius 1 is 1.17 bits per heavy atom. The Morgan fingerprint density at radius 2 is 1.96 bits per heavy atom. The first kappa shape index (κ1) is 18.5. The summed E-state index contributed by atoms with van der Waals surface area (Å²) < 4.78 is 0. The summed E-state index contributed by atoms with van der Waals surface area (Å²) in [6, 6.07) is 10.9. The molecule has 0 aliphatic heterocycles. The number of benzene rings is 1. The van der Waals surface area contributed by atoms with Crippen LogP contribution in [0.4, 0.5) is 0 Å². The van der Waals surface area contributed by atoms with Crippen molar-refractivity contribution in [3.8, 4) is 0 Å². The van der Waals surface area contributed by atoms with Gasteiger partial charge in [-0.05, 0) is 35.6 Å². The summed E-state index contributed by atoms with van der Waals surface area (Å²) in [5.41, 5.74) is 0.977. The Labute approximate surface area is 151 Å². The lowest BCUT2D eigenvalue weighted by molar-refractivity contribution is -0.123. The highest BCUT2D eigenvalue weighted by atomic mass is 35.5. The van der Waals surface area contributed by atoms with Gasteiger partial charge in [-0.3, -0.25) is 9.59 Å². The molecule has 0 saturated heterocycles. The third-order valence-corrected chi connectivity index (χ3v) is 4.87. The Hall–Kier alpha value is -1.85. The van der Waals surface area contributed by atoms with Gasteiger partial charge in [-0.25, -0.2) is 0 Å². The molecule has 128 valence electrons. The van der Waals surface area contributed by atoms with Crippen LogP contribution in [0.2, 0.25) is 5.02 Å². The summed E-state index contributed by atoms with van der Waals surface area (Å²) in [6.07, 6.45) is 0.965. The number of halogens is 1. The van der Waals surface area contributed by atoms with Crippen molar-refractivity contribution in [2.24, 2.45) is 0 Å². The Kier molecular flexibility index (Phi) is 6.82. The van der Waals surface area contributed by atoms with Crippen molar-refractivity contribution >= 4 is 34.8 Å². The molecule has 2 atom stereocenters. The molecular formula is C18H21ClN2O2S. The van der Waals surface area contributed by atoms with Gasteiger partial charge in [0, 0.05) is 16.8 Å². The van der Waals surface area contributed by atoms with Crippen molar-refractivity contribution in [1.29, 1.82) is 0 Å². The van der Waals surface area contributed by atoms with Crippen LogP contribution in [-0.2, 0) is 9.59 Å². The predicted molar refractivity (Wildman–Crippen MR) is 98.1 cm³/mol. The van der Waals surface area contributed by atoms with Gasteiger partial charge in [0.15, 0.2) is 0 Å². The molecule has 1 aromatic heterocycles. The lowest BCUT2D eigenvalue weighted by Gasteiger charge is -2.21. The molecule has 0 fully saturated rings. The van der Waals surface area contributed by atoms with Crippen molar-refractivity contribution < 1.29 is 9.59 Å². The fourth-order valence-corrected chi connectivity index (χ4v) is 3.52. The number of carbonyl (C=O) groups is 2. The summed E-state index contributed by atoms with van der Waals surface area (Å²) in [4.78, 5) is 24.9. The zero-order valence-electron chi connectivity index (χ0n) is 13.7. The van der Waals surface area contributed by atoms with Gasteiger partial charge >= 0.3 is 0 Å². The van der Waals surface area contributed by atoms with Gasteiger partial charge in [0.2, 0.25) is 11.8 Å². The molecule has 24 heavy (non-hydrogen) atoms. The lowest BCUT2D eigenvalue weighted by atomic mass is 10.0. The molecule has 2 N–H and O–H groups in total. The molecule has 2 unspecified atom stereocenters. The number of nitrogens with one attached hydrogen (secondary N) is 2. The largest absolute Gasteiger partial charge is 0.349 e. The van der Waals surface area contributed by atoms with Crippen LogP contribution in [0.15, 0.2) is 41.8 Å². The molecular weight excluding hydrogens is 344 g/mol. The maximum atomic E-state index is 12.5. The van der Waals surface area contributed by atoms with Crippen LogP contribution in [-0.4, -0.2) is 11.8 Å². The second-order valence-corrected chi connectivity index (χ2v) is 6.97. The number of thiophene rings is 1. The van der Waals surface area contributed by atoms with E-state index in [1.54, 1.807) is 0 Å². The van der Waals surface area contributed by atoms with E-state index >= 15 is 0 Å². The number of rotatable bonds is 7. The minimum Gasteiger partial charge on any atom is -0.349 e. The molecule has 1 aromatic carbocycles. The molecule has 0 aliphatic rings. The van der Waals surface area contributed by atoms with E-state index in [2.05, 4.69) is 10.6 Å². The van der Waals surface area contributed by atoms with Crippen LogP contribution in [0.1, 0.15) is 49.2 Å². The summed E-state index contributed by atoms with van der Waals surface area (Å²) in [6.45, 7) is 3.47. The first-order valence-electron chi connectivity index (χ1n) is 7.85. The molecule has 0 saturated carbocycles. The second-order valence-electron chi connectivity index (χ2n) is 5.56. The average Bonchev–Trinajstić information content (AvgIpc) is 3.06. The van der Waals surface area contributed by atoms with Crippen molar-refractivity contribution in [2.45, 2.75) is 38.8 Å². The standard InChI is InChI=1S/C18H21ClN2O2S/c1-3-15(13-6-4-7-14(19)10-13)21-18(23)11-16(20-12(2)22)17-8-5-9-24-17/h4-10,15-16H,3,11H2,1-2H3,(H,20,22)(H,21,23). The van der Waals surface area contributed by atoms with Gasteiger partial charge in [0.1, 0.15) is 0 Å². The molecule has 0 aliphatic carbocycles. The van der Waals surface area contributed by atoms with E-state index in [0.29, 0.717) is 5.02 Å². The lowest BCUT2D eigenvalue weighted by Crippen LogP contribution is -2.34. The quantitative estimate of drug-likeness (QED) is 0.772. The molecule has 4 nitrogen and oxygen atoms in total. The second kappa shape index (κ2) is 8.85. The van der Waals surface area contributed by atoms with Crippen LogP contribution in [0.3, 0.4) is 0 Å². The maximum absolute atomic E-state index is 12.5. The normalized spacial score (nSPS) is 13.1. The minimum absolute atomic E-state index is 0.0995. The SMILES string of the molecule is CCC(NC(=O)CC(NC(C)=O)c1cccs1)c1cccc(Cl)c1. The van der Waals surface area contributed by atoms with Crippen LogP contribution >= 0.6 is 22.9 Å². The average molecular weight is 365 g/mol. The van der Waals surface area contributed by atoms with Crippen molar-refractivity contribution in [3.05, 3.63) is 57.2 Å². The van der Waals surface area contributed by atoms with E-state index in [1.165, 1.54) is 18.3 Å². The number of carbonyl (C=O) groups excluding carboxylic acids is 2. The van der Waals surface area contributed by atoms with Gasteiger partial charge in [0.05, 0.1) is 18.5 Å². The highest BCUT2D eigenvalue weighted by Crippen LogP contribution is 2.24. The fraction of sp³-hybridized carbons (Fsp3) is 0.333. The van der Waals surface area contributed by atoms with Crippen LogP contribution in [0, 0.1) is 0 Å². The Morgan fingerprint density at radius 3 is 2.54 bits per heavy atom. The zero-order valence-corrected chi connectivity index (χ0v) is 15.3.